The molecule has 0 saturated carbocycles. The molecule has 4 aromatic rings. The lowest BCUT2D eigenvalue weighted by atomic mass is 10.1. The summed E-state index contributed by atoms with van der Waals surface area (Å²) in [6, 6.07) is 14.6. The number of H-pyrrole nitrogens is 1. The van der Waals surface area contributed by atoms with Gasteiger partial charge < -0.3 is 15.2 Å². The first-order chi connectivity index (χ1) is 18.0. The number of hydrogen-bond donors (Lipinski definition) is 2. The lowest BCUT2D eigenvalue weighted by molar-refractivity contribution is 0.102. The van der Waals surface area contributed by atoms with Crippen molar-refractivity contribution in [1.82, 2.24) is 19.2 Å². The molecule has 38 heavy (non-hydrogen) atoms. The molecule has 0 aliphatic carbocycles. The number of sulfone groups is 1. The van der Waals surface area contributed by atoms with E-state index in [1.807, 2.05) is 7.05 Å². The second-order valence-corrected chi connectivity index (χ2v) is 13.2. The van der Waals surface area contributed by atoms with Gasteiger partial charge in [0.2, 0.25) is 10.0 Å². The summed E-state index contributed by atoms with van der Waals surface area (Å²) in [5.41, 5.74) is 2.42. The van der Waals surface area contributed by atoms with Crippen molar-refractivity contribution >= 4 is 42.5 Å². The number of rotatable bonds is 6. The molecule has 1 fully saturated rings. The van der Waals surface area contributed by atoms with E-state index in [1.54, 1.807) is 48.7 Å². The lowest BCUT2D eigenvalue weighted by Crippen LogP contribution is -2.46. The van der Waals surface area contributed by atoms with E-state index in [2.05, 4.69) is 20.2 Å². The Morgan fingerprint density at radius 3 is 2.32 bits per heavy atom. The van der Waals surface area contributed by atoms with E-state index >= 15 is 0 Å². The average molecular weight is 554 g/mol. The van der Waals surface area contributed by atoms with Crippen molar-refractivity contribution in [2.45, 2.75) is 9.79 Å². The van der Waals surface area contributed by atoms with Crippen molar-refractivity contribution in [1.29, 1.82) is 0 Å². The van der Waals surface area contributed by atoms with Gasteiger partial charge in [0.15, 0.2) is 9.84 Å². The molecule has 1 aliphatic rings. The number of nitrogens with one attached hydrogen (secondary N) is 2. The number of piperazine rings is 1. The first-order valence-electron chi connectivity index (χ1n) is 11.9. The molecular weight excluding hydrogens is 526 g/mol. The van der Waals surface area contributed by atoms with Crippen LogP contribution in [0.4, 0.5) is 5.69 Å². The van der Waals surface area contributed by atoms with Crippen molar-refractivity contribution in [3.63, 3.8) is 0 Å². The molecular formula is C26H27N5O5S2. The Balaban J connectivity index is 1.41. The number of carbonyl (C=O) groups excluding carboxylic acids is 1. The van der Waals surface area contributed by atoms with Crippen molar-refractivity contribution in [2.75, 3.05) is 44.8 Å². The predicted molar refractivity (Wildman–Crippen MR) is 145 cm³/mol. The van der Waals surface area contributed by atoms with E-state index in [0.29, 0.717) is 48.3 Å². The maximum Gasteiger partial charge on any atom is 0.257 e. The number of likely N-dealkylation sites (N-methyl/N-ethyl adjacent to an activating group) is 1. The minimum absolute atomic E-state index is 0.0265. The van der Waals surface area contributed by atoms with Gasteiger partial charge >= 0.3 is 0 Å². The molecule has 198 valence electrons. The van der Waals surface area contributed by atoms with Gasteiger partial charge in [-0.25, -0.2) is 21.8 Å². The highest BCUT2D eigenvalue weighted by molar-refractivity contribution is 7.91. The van der Waals surface area contributed by atoms with Gasteiger partial charge in [-0.15, -0.1) is 0 Å². The molecule has 0 radical (unpaired) electrons. The monoisotopic (exact) mass is 553 g/mol. The number of fused-ring (bicyclic) bond motifs is 1. The smallest absolute Gasteiger partial charge is 0.257 e. The van der Waals surface area contributed by atoms with Crippen molar-refractivity contribution in [3.05, 3.63) is 72.6 Å². The minimum atomic E-state index is -3.58. The van der Waals surface area contributed by atoms with E-state index in [-0.39, 0.29) is 15.5 Å². The molecule has 2 aromatic carbocycles. The van der Waals surface area contributed by atoms with Crippen molar-refractivity contribution in [3.8, 4) is 11.1 Å². The summed E-state index contributed by atoms with van der Waals surface area (Å²) in [7, 11) is -5.15. The molecule has 1 aliphatic heterocycles. The fourth-order valence-corrected chi connectivity index (χ4v) is 6.70. The van der Waals surface area contributed by atoms with Crippen LogP contribution in [0.5, 0.6) is 0 Å². The third-order valence-electron chi connectivity index (χ3n) is 6.60. The number of carbonyl (C=O) groups is 1. The van der Waals surface area contributed by atoms with Crippen LogP contribution in [0.3, 0.4) is 0 Å². The topological polar surface area (TPSA) is 133 Å². The number of amides is 1. The Morgan fingerprint density at radius 2 is 1.63 bits per heavy atom. The number of aromatic nitrogens is 2. The van der Waals surface area contributed by atoms with Crippen LogP contribution in [0.25, 0.3) is 22.2 Å². The van der Waals surface area contributed by atoms with Crippen molar-refractivity contribution < 1.29 is 21.6 Å². The molecule has 2 N–H and O–H groups in total. The van der Waals surface area contributed by atoms with Gasteiger partial charge in [0.25, 0.3) is 5.91 Å². The summed E-state index contributed by atoms with van der Waals surface area (Å²) in [4.78, 5) is 22.8. The summed E-state index contributed by atoms with van der Waals surface area (Å²) >= 11 is 0. The number of anilines is 1. The molecule has 0 unspecified atom stereocenters. The largest absolute Gasteiger partial charge is 0.345 e. The fraction of sp³-hybridized carbons (Fsp3) is 0.231. The SMILES string of the molecule is CN1CCN(S(=O)(=O)c2ccc(-c3cnc4[nH]cc(C(=O)Nc5ccccc5S(C)(=O)=O)c4c3)cc2)CC1. The Kier molecular flexibility index (Phi) is 6.82. The lowest BCUT2D eigenvalue weighted by Gasteiger charge is -2.31. The van der Waals surface area contributed by atoms with Gasteiger partial charge in [-0.1, -0.05) is 24.3 Å². The maximum absolute atomic E-state index is 13.1. The minimum Gasteiger partial charge on any atom is -0.345 e. The first kappa shape index (κ1) is 26.0. The van der Waals surface area contributed by atoms with E-state index in [4.69, 9.17) is 0 Å². The van der Waals surface area contributed by atoms with E-state index in [0.717, 1.165) is 11.8 Å². The standard InChI is InChI=1S/C26H27N5O5S2/c1-30-11-13-31(14-12-30)38(35,36)20-9-7-18(8-10-20)19-15-21-22(17-28-25(21)27-16-19)26(32)29-23-5-3-4-6-24(23)37(2,33)34/h3-10,15-17H,11-14H2,1-2H3,(H,27,28)(H,29,32). The predicted octanol–water partition coefficient (Wildman–Crippen LogP) is 2.82. The van der Waals surface area contributed by atoms with Crippen LogP contribution in [0, 0.1) is 0 Å². The number of aromatic amines is 1. The first-order valence-corrected chi connectivity index (χ1v) is 15.2. The summed E-state index contributed by atoms with van der Waals surface area (Å²) < 4.78 is 51.8. The molecule has 1 amide bonds. The molecule has 10 nitrogen and oxygen atoms in total. The van der Waals surface area contributed by atoms with Crippen LogP contribution < -0.4 is 5.32 Å². The molecule has 0 atom stereocenters. The average Bonchev–Trinajstić information content (AvgIpc) is 3.32. The third-order valence-corrected chi connectivity index (χ3v) is 9.67. The highest BCUT2D eigenvalue weighted by Gasteiger charge is 2.27. The second kappa shape index (κ2) is 9.95. The highest BCUT2D eigenvalue weighted by Crippen LogP contribution is 2.28. The normalized spacial score (nSPS) is 15.5. The summed E-state index contributed by atoms with van der Waals surface area (Å²) in [6.07, 6.45) is 4.25. The molecule has 3 heterocycles. The molecule has 1 saturated heterocycles. The maximum atomic E-state index is 13.1. The Hall–Kier alpha value is -3.58. The zero-order chi connectivity index (χ0) is 27.1. The number of nitrogens with zero attached hydrogens (tertiary/aromatic N) is 3. The molecule has 5 rings (SSSR count). The number of pyridine rings is 1. The van der Waals surface area contributed by atoms with Crippen LogP contribution in [0.15, 0.2) is 76.8 Å². The van der Waals surface area contributed by atoms with Crippen LogP contribution in [0.2, 0.25) is 0 Å². The zero-order valence-electron chi connectivity index (χ0n) is 20.9. The van der Waals surface area contributed by atoms with E-state index < -0.39 is 25.8 Å². The Labute approximate surface area is 221 Å². The van der Waals surface area contributed by atoms with Crippen LogP contribution in [0.1, 0.15) is 10.4 Å². The van der Waals surface area contributed by atoms with Gasteiger partial charge in [0.1, 0.15) is 5.65 Å². The van der Waals surface area contributed by atoms with E-state index in [1.165, 1.54) is 22.6 Å². The van der Waals surface area contributed by atoms with Crippen LogP contribution >= 0.6 is 0 Å². The molecule has 0 bridgehead atoms. The van der Waals surface area contributed by atoms with Gasteiger partial charge in [0, 0.05) is 55.8 Å². The van der Waals surface area contributed by atoms with Gasteiger partial charge in [0.05, 0.1) is 21.0 Å². The van der Waals surface area contributed by atoms with E-state index in [9.17, 15) is 21.6 Å². The summed E-state index contributed by atoms with van der Waals surface area (Å²) in [6.45, 7) is 2.28. The highest BCUT2D eigenvalue weighted by atomic mass is 32.2. The Morgan fingerprint density at radius 1 is 0.947 bits per heavy atom. The van der Waals surface area contributed by atoms with Crippen molar-refractivity contribution in [2.24, 2.45) is 0 Å². The number of sulfonamides is 1. The van der Waals surface area contributed by atoms with Crippen LogP contribution in [-0.4, -0.2) is 81.4 Å². The summed E-state index contributed by atoms with van der Waals surface area (Å²) in [5, 5.41) is 3.24. The molecule has 12 heteroatoms. The van der Waals surface area contributed by atoms with Crippen LogP contribution in [-0.2, 0) is 19.9 Å². The molecule has 2 aromatic heterocycles. The second-order valence-electron chi connectivity index (χ2n) is 9.28. The molecule has 0 spiro atoms. The number of hydrogen-bond acceptors (Lipinski definition) is 7. The number of para-hydroxylation sites is 1. The van der Waals surface area contributed by atoms with Gasteiger partial charge in [-0.2, -0.15) is 4.31 Å². The zero-order valence-corrected chi connectivity index (χ0v) is 22.5. The number of benzene rings is 2. The summed E-state index contributed by atoms with van der Waals surface area (Å²) in [5.74, 6) is -0.486. The van der Waals surface area contributed by atoms with Gasteiger partial charge in [-0.05, 0) is 42.9 Å². The third kappa shape index (κ3) is 5.07. The van der Waals surface area contributed by atoms with Gasteiger partial charge in [-0.3, -0.25) is 4.79 Å². The quantitative estimate of drug-likeness (QED) is 0.375. The Bertz CT molecular complexity index is 1720. The fourth-order valence-electron chi connectivity index (χ4n) is 4.43.